The highest BCUT2D eigenvalue weighted by Gasteiger charge is 2.20. The number of carbonyl (C=O) groups is 1. The van der Waals surface area contributed by atoms with Crippen LogP contribution in [0.1, 0.15) is 32.0 Å². The highest BCUT2D eigenvalue weighted by Crippen LogP contribution is 2.23. The summed E-state index contributed by atoms with van der Waals surface area (Å²) < 4.78 is 1.89. The summed E-state index contributed by atoms with van der Waals surface area (Å²) in [6, 6.07) is 0.424. The Morgan fingerprint density at radius 3 is 2.52 bits per heavy atom. The van der Waals surface area contributed by atoms with E-state index in [9.17, 15) is 4.79 Å². The van der Waals surface area contributed by atoms with Crippen molar-refractivity contribution in [1.82, 2.24) is 20.4 Å². The first-order valence-corrected chi connectivity index (χ1v) is 7.46. The normalized spacial score (nSPS) is 12.6. The van der Waals surface area contributed by atoms with Crippen LogP contribution in [0.15, 0.2) is 0 Å². The van der Waals surface area contributed by atoms with Gasteiger partial charge in [0.15, 0.2) is 0 Å². The molecule has 0 saturated heterocycles. The second-order valence-corrected chi connectivity index (χ2v) is 5.94. The predicted molar refractivity (Wildman–Crippen MR) is 86.4 cm³/mol. The molecule has 0 bridgehead atoms. The fraction of sp³-hybridized carbons (Fsp3) is 0.733. The zero-order chi connectivity index (χ0) is 16.2. The quantitative estimate of drug-likeness (QED) is 0.789. The summed E-state index contributed by atoms with van der Waals surface area (Å²) in [5.74, 6) is 1.06. The van der Waals surface area contributed by atoms with Gasteiger partial charge in [-0.15, -0.1) is 0 Å². The fourth-order valence-electron chi connectivity index (χ4n) is 2.51. The maximum atomic E-state index is 11.7. The van der Waals surface area contributed by atoms with E-state index in [-0.39, 0.29) is 11.8 Å². The van der Waals surface area contributed by atoms with E-state index < -0.39 is 0 Å². The van der Waals surface area contributed by atoms with Crippen LogP contribution in [0.5, 0.6) is 0 Å². The van der Waals surface area contributed by atoms with Gasteiger partial charge in [-0.1, -0.05) is 20.8 Å². The summed E-state index contributed by atoms with van der Waals surface area (Å²) in [6.07, 6.45) is 0. The molecule has 0 aliphatic heterocycles. The van der Waals surface area contributed by atoms with E-state index in [1.807, 2.05) is 32.6 Å². The number of aryl methyl sites for hydroxylation is 2. The second-order valence-electron chi connectivity index (χ2n) is 5.94. The first-order valence-electron chi connectivity index (χ1n) is 7.46. The van der Waals surface area contributed by atoms with Crippen molar-refractivity contribution >= 4 is 11.7 Å². The van der Waals surface area contributed by atoms with Crippen molar-refractivity contribution in [2.45, 2.75) is 40.3 Å². The fourth-order valence-corrected chi connectivity index (χ4v) is 2.51. The van der Waals surface area contributed by atoms with Crippen LogP contribution in [-0.2, 0) is 18.4 Å². The van der Waals surface area contributed by atoms with Crippen LogP contribution in [0.2, 0.25) is 0 Å². The average Bonchev–Trinajstić information content (AvgIpc) is 2.69. The van der Waals surface area contributed by atoms with Crippen LogP contribution in [0.25, 0.3) is 0 Å². The highest BCUT2D eigenvalue weighted by molar-refractivity contribution is 5.78. The van der Waals surface area contributed by atoms with Crippen molar-refractivity contribution in [2.24, 2.45) is 13.0 Å². The maximum Gasteiger partial charge on any atom is 0.224 e. The van der Waals surface area contributed by atoms with Gasteiger partial charge in [0.05, 0.1) is 11.6 Å². The monoisotopic (exact) mass is 295 g/mol. The molecule has 120 valence electrons. The number of anilines is 1. The molecule has 1 aromatic rings. The Kier molecular flexibility index (Phi) is 6.20. The van der Waals surface area contributed by atoms with Gasteiger partial charge in [-0.2, -0.15) is 5.10 Å². The van der Waals surface area contributed by atoms with Gasteiger partial charge in [-0.25, -0.2) is 0 Å². The van der Waals surface area contributed by atoms with Gasteiger partial charge < -0.3 is 15.5 Å². The third kappa shape index (κ3) is 4.46. The van der Waals surface area contributed by atoms with E-state index in [2.05, 4.69) is 34.5 Å². The first kappa shape index (κ1) is 17.5. The molecule has 6 nitrogen and oxygen atoms in total. The lowest BCUT2D eigenvalue weighted by molar-refractivity contribution is -0.123. The first-order chi connectivity index (χ1) is 9.77. The number of aromatic nitrogens is 2. The summed E-state index contributed by atoms with van der Waals surface area (Å²) >= 11 is 0. The molecule has 0 spiro atoms. The van der Waals surface area contributed by atoms with E-state index in [0.717, 1.165) is 18.1 Å². The van der Waals surface area contributed by atoms with E-state index in [1.54, 1.807) is 7.05 Å². The highest BCUT2D eigenvalue weighted by atomic mass is 16.1. The second kappa shape index (κ2) is 7.45. The number of hydrogen-bond acceptors (Lipinski definition) is 4. The molecule has 1 aromatic heterocycles. The van der Waals surface area contributed by atoms with E-state index in [0.29, 0.717) is 12.6 Å². The summed E-state index contributed by atoms with van der Waals surface area (Å²) in [4.78, 5) is 13.8. The number of nitrogens with zero attached hydrogens (tertiary/aromatic N) is 3. The number of amides is 1. The van der Waals surface area contributed by atoms with Crippen molar-refractivity contribution in [3.8, 4) is 0 Å². The summed E-state index contributed by atoms with van der Waals surface area (Å²) in [5.41, 5.74) is 2.22. The Hall–Kier alpha value is -1.56. The molecule has 21 heavy (non-hydrogen) atoms. The van der Waals surface area contributed by atoms with Gasteiger partial charge >= 0.3 is 0 Å². The Labute approximate surface area is 127 Å². The molecule has 6 heteroatoms. The molecule has 2 N–H and O–H groups in total. The number of hydrogen-bond donors (Lipinski definition) is 2. The molecule has 0 radical (unpaired) electrons. The van der Waals surface area contributed by atoms with Gasteiger partial charge in [0.25, 0.3) is 0 Å². The molecule has 0 aromatic carbocycles. The number of carbonyl (C=O) groups excluding carboxylic acids is 1. The van der Waals surface area contributed by atoms with Crippen molar-refractivity contribution in [2.75, 3.05) is 25.5 Å². The lowest BCUT2D eigenvalue weighted by Gasteiger charge is -2.24. The zero-order valence-electron chi connectivity index (χ0n) is 14.3. The standard InChI is InChI=1S/C15H29N5O/c1-10(2)17-8-13-12(4)18-20(7)15(13)19(6)9-11(3)14(21)16-5/h10-11,17H,8-9H2,1-7H3,(H,16,21). The van der Waals surface area contributed by atoms with Gasteiger partial charge in [0.2, 0.25) is 5.91 Å². The lowest BCUT2D eigenvalue weighted by Crippen LogP contribution is -2.35. The summed E-state index contributed by atoms with van der Waals surface area (Å²) in [7, 11) is 5.63. The Balaban J connectivity index is 2.92. The molecule has 1 amide bonds. The Bertz CT molecular complexity index is 481. The molecule has 1 heterocycles. The number of nitrogens with one attached hydrogen (secondary N) is 2. The minimum absolute atomic E-state index is 0.0580. The SMILES string of the molecule is CNC(=O)C(C)CN(C)c1c(CNC(C)C)c(C)nn1C. The molecule has 0 fully saturated rings. The molecule has 1 unspecified atom stereocenters. The maximum absolute atomic E-state index is 11.7. The zero-order valence-corrected chi connectivity index (χ0v) is 14.3. The van der Waals surface area contributed by atoms with Crippen molar-refractivity contribution in [3.63, 3.8) is 0 Å². The van der Waals surface area contributed by atoms with Crippen LogP contribution in [0, 0.1) is 12.8 Å². The third-order valence-electron chi connectivity index (χ3n) is 3.60. The Morgan fingerprint density at radius 1 is 1.38 bits per heavy atom. The van der Waals surface area contributed by atoms with E-state index >= 15 is 0 Å². The number of rotatable bonds is 7. The minimum atomic E-state index is -0.0684. The van der Waals surface area contributed by atoms with Crippen molar-refractivity contribution in [3.05, 3.63) is 11.3 Å². The molecule has 1 rings (SSSR count). The third-order valence-corrected chi connectivity index (χ3v) is 3.60. The predicted octanol–water partition coefficient (Wildman–Crippen LogP) is 1.04. The van der Waals surface area contributed by atoms with Crippen molar-refractivity contribution in [1.29, 1.82) is 0 Å². The molecular formula is C15H29N5O. The summed E-state index contributed by atoms with van der Waals surface area (Å²) in [5, 5.41) is 10.7. The molecule has 0 aliphatic carbocycles. The average molecular weight is 295 g/mol. The summed E-state index contributed by atoms with van der Waals surface area (Å²) in [6.45, 7) is 9.66. The topological polar surface area (TPSA) is 62.2 Å². The Morgan fingerprint density at radius 2 is 2.00 bits per heavy atom. The van der Waals surface area contributed by atoms with Crippen LogP contribution in [-0.4, -0.2) is 42.4 Å². The minimum Gasteiger partial charge on any atom is -0.359 e. The van der Waals surface area contributed by atoms with E-state index in [4.69, 9.17) is 0 Å². The van der Waals surface area contributed by atoms with Gasteiger partial charge in [0.1, 0.15) is 5.82 Å². The lowest BCUT2D eigenvalue weighted by atomic mass is 10.1. The van der Waals surface area contributed by atoms with Crippen molar-refractivity contribution < 1.29 is 4.79 Å². The van der Waals surface area contributed by atoms with E-state index in [1.165, 1.54) is 5.56 Å². The molecular weight excluding hydrogens is 266 g/mol. The largest absolute Gasteiger partial charge is 0.359 e. The molecule has 0 saturated carbocycles. The smallest absolute Gasteiger partial charge is 0.224 e. The molecule has 0 aliphatic rings. The van der Waals surface area contributed by atoms with Crippen LogP contribution in [0.3, 0.4) is 0 Å². The molecule has 1 atom stereocenters. The van der Waals surface area contributed by atoms with Gasteiger partial charge in [0, 0.05) is 45.8 Å². The van der Waals surface area contributed by atoms with Crippen LogP contribution < -0.4 is 15.5 Å². The van der Waals surface area contributed by atoms with Gasteiger partial charge in [-0.05, 0) is 6.92 Å². The van der Waals surface area contributed by atoms with Gasteiger partial charge in [-0.3, -0.25) is 9.48 Å². The van der Waals surface area contributed by atoms with Crippen LogP contribution in [0.4, 0.5) is 5.82 Å². The van der Waals surface area contributed by atoms with Crippen LogP contribution >= 0.6 is 0 Å².